The molecule has 0 spiro atoms. The van der Waals surface area contributed by atoms with Gasteiger partial charge in [-0.15, -0.1) is 0 Å². The van der Waals surface area contributed by atoms with E-state index in [1.165, 1.54) is 0 Å². The van der Waals surface area contributed by atoms with E-state index in [1.807, 2.05) is 48.5 Å². The zero-order valence-electron chi connectivity index (χ0n) is 19.6. The van der Waals surface area contributed by atoms with Crippen molar-refractivity contribution in [1.29, 1.82) is 0 Å². The number of hydrogen-bond acceptors (Lipinski definition) is 2. The highest BCUT2D eigenvalue weighted by atomic mass is 35.5. The lowest BCUT2D eigenvalue weighted by atomic mass is 10.0. The number of hydrogen-bond donors (Lipinski definition) is 1. The molecule has 1 N–H and O–H groups in total. The minimum atomic E-state index is -0.691. The van der Waals surface area contributed by atoms with Crippen molar-refractivity contribution in [3.8, 4) is 0 Å². The highest BCUT2D eigenvalue weighted by molar-refractivity contribution is 6.42. The van der Waals surface area contributed by atoms with Crippen LogP contribution >= 0.6 is 34.8 Å². The van der Waals surface area contributed by atoms with Gasteiger partial charge in [-0.25, -0.2) is 0 Å². The number of benzene rings is 3. The van der Waals surface area contributed by atoms with Gasteiger partial charge in [0.2, 0.25) is 11.8 Å². The molecular weight excluding hydrogens is 503 g/mol. The number of halogens is 3. The van der Waals surface area contributed by atoms with Gasteiger partial charge in [-0.1, -0.05) is 96.7 Å². The van der Waals surface area contributed by atoms with Crippen molar-refractivity contribution in [2.24, 2.45) is 0 Å². The van der Waals surface area contributed by atoms with Crippen molar-refractivity contribution in [2.75, 3.05) is 6.54 Å². The van der Waals surface area contributed by atoms with Gasteiger partial charge in [-0.05, 0) is 47.4 Å². The summed E-state index contributed by atoms with van der Waals surface area (Å²) in [6.45, 7) is 2.86. The van der Waals surface area contributed by atoms with E-state index in [9.17, 15) is 9.59 Å². The molecule has 3 rings (SSSR count). The number of nitrogens with one attached hydrogen (secondary N) is 1. The van der Waals surface area contributed by atoms with Crippen molar-refractivity contribution >= 4 is 46.6 Å². The van der Waals surface area contributed by atoms with Gasteiger partial charge in [0.15, 0.2) is 0 Å². The summed E-state index contributed by atoms with van der Waals surface area (Å²) in [5, 5.41) is 4.46. The van der Waals surface area contributed by atoms with E-state index >= 15 is 0 Å². The molecule has 0 unspecified atom stereocenters. The van der Waals surface area contributed by atoms with Gasteiger partial charge >= 0.3 is 0 Å². The summed E-state index contributed by atoms with van der Waals surface area (Å²) >= 11 is 18.4. The summed E-state index contributed by atoms with van der Waals surface area (Å²) in [7, 11) is 0. The second-order valence-corrected chi connectivity index (χ2v) is 9.67. The Kier molecular flexibility index (Phi) is 10.5. The average Bonchev–Trinajstić information content (AvgIpc) is 2.85. The molecule has 1 atom stereocenters. The van der Waals surface area contributed by atoms with Crippen LogP contribution in [0.4, 0.5) is 0 Å². The predicted molar refractivity (Wildman–Crippen MR) is 144 cm³/mol. The van der Waals surface area contributed by atoms with Crippen molar-refractivity contribution in [1.82, 2.24) is 10.2 Å². The van der Waals surface area contributed by atoms with Gasteiger partial charge in [-0.3, -0.25) is 9.59 Å². The molecule has 35 heavy (non-hydrogen) atoms. The number of carbonyl (C=O) groups is 2. The molecule has 0 heterocycles. The lowest BCUT2D eigenvalue weighted by Gasteiger charge is -2.32. The summed E-state index contributed by atoms with van der Waals surface area (Å²) in [5.74, 6) is -0.336. The summed E-state index contributed by atoms with van der Waals surface area (Å²) < 4.78 is 0. The van der Waals surface area contributed by atoms with E-state index in [4.69, 9.17) is 34.8 Å². The number of rotatable bonds is 11. The number of nitrogens with zero attached hydrogens (tertiary/aromatic N) is 1. The molecule has 0 aliphatic rings. The molecule has 0 fully saturated rings. The van der Waals surface area contributed by atoms with Gasteiger partial charge < -0.3 is 10.2 Å². The Morgan fingerprint density at radius 1 is 0.857 bits per heavy atom. The standard InChI is InChI=1S/C28H29Cl3N2O2/c1-2-3-15-32-28(35)26(17-20-7-5-4-6-8-20)33(19-22-11-14-24(30)25(31)16-22)27(34)18-21-9-12-23(29)13-10-21/h4-14,16,26H,2-3,15,17-19H2,1H3,(H,32,35)/t26-/m1/s1. The number of amides is 2. The van der Waals surface area contributed by atoms with Crippen LogP contribution in [-0.2, 0) is 29.0 Å². The molecule has 0 aliphatic heterocycles. The van der Waals surface area contributed by atoms with Gasteiger partial charge in [0, 0.05) is 24.5 Å². The fourth-order valence-electron chi connectivity index (χ4n) is 3.77. The topological polar surface area (TPSA) is 49.4 Å². The summed E-state index contributed by atoms with van der Waals surface area (Å²) in [4.78, 5) is 28.7. The molecule has 4 nitrogen and oxygen atoms in total. The first-order chi connectivity index (χ1) is 16.9. The van der Waals surface area contributed by atoms with Crippen molar-refractivity contribution in [2.45, 2.75) is 45.2 Å². The third kappa shape index (κ3) is 8.28. The molecular formula is C28H29Cl3N2O2. The molecule has 0 aliphatic carbocycles. The third-order valence-corrected chi connectivity index (χ3v) is 6.70. The van der Waals surface area contributed by atoms with Crippen LogP contribution in [0.25, 0.3) is 0 Å². The highest BCUT2D eigenvalue weighted by Gasteiger charge is 2.30. The maximum absolute atomic E-state index is 13.7. The van der Waals surface area contributed by atoms with E-state index in [2.05, 4.69) is 12.2 Å². The normalized spacial score (nSPS) is 11.7. The minimum Gasteiger partial charge on any atom is -0.354 e. The summed E-state index contributed by atoms with van der Waals surface area (Å²) in [6, 6.07) is 21.5. The van der Waals surface area contributed by atoms with E-state index < -0.39 is 6.04 Å². The smallest absolute Gasteiger partial charge is 0.243 e. The Labute approximate surface area is 222 Å². The Bertz CT molecular complexity index is 1120. The van der Waals surface area contributed by atoms with Crippen LogP contribution in [0, 0.1) is 0 Å². The summed E-state index contributed by atoms with van der Waals surface area (Å²) in [5.41, 5.74) is 2.59. The zero-order valence-corrected chi connectivity index (χ0v) is 21.9. The first-order valence-corrected chi connectivity index (χ1v) is 12.8. The second kappa shape index (κ2) is 13.5. The molecule has 0 saturated heterocycles. The third-order valence-electron chi connectivity index (χ3n) is 5.71. The maximum atomic E-state index is 13.7. The maximum Gasteiger partial charge on any atom is 0.243 e. The molecule has 184 valence electrons. The molecule has 0 saturated carbocycles. The lowest BCUT2D eigenvalue weighted by molar-refractivity contribution is -0.140. The quantitative estimate of drug-likeness (QED) is 0.278. The number of carbonyl (C=O) groups excluding carboxylic acids is 2. The monoisotopic (exact) mass is 530 g/mol. The zero-order chi connectivity index (χ0) is 25.2. The van der Waals surface area contributed by atoms with E-state index in [1.54, 1.807) is 29.2 Å². The first-order valence-electron chi connectivity index (χ1n) is 11.7. The van der Waals surface area contributed by atoms with E-state index in [0.29, 0.717) is 28.0 Å². The second-order valence-electron chi connectivity index (χ2n) is 8.42. The van der Waals surface area contributed by atoms with Crippen LogP contribution in [0.15, 0.2) is 72.8 Å². The van der Waals surface area contributed by atoms with Crippen LogP contribution in [0.3, 0.4) is 0 Å². The average molecular weight is 532 g/mol. The molecule has 3 aromatic rings. The van der Waals surface area contributed by atoms with Crippen molar-refractivity contribution < 1.29 is 9.59 Å². The SMILES string of the molecule is CCCCNC(=O)[C@@H](Cc1ccccc1)N(Cc1ccc(Cl)c(Cl)c1)C(=O)Cc1ccc(Cl)cc1. The molecule has 3 aromatic carbocycles. The Morgan fingerprint density at radius 3 is 2.20 bits per heavy atom. The molecule has 0 radical (unpaired) electrons. The highest BCUT2D eigenvalue weighted by Crippen LogP contribution is 2.25. The molecule has 0 aromatic heterocycles. The Balaban J connectivity index is 1.95. The van der Waals surface area contributed by atoms with Crippen LogP contribution in [0.1, 0.15) is 36.5 Å². The van der Waals surface area contributed by atoms with E-state index in [-0.39, 0.29) is 24.8 Å². The minimum absolute atomic E-state index is 0.145. The van der Waals surface area contributed by atoms with Crippen LogP contribution in [0.2, 0.25) is 15.1 Å². The Hall–Kier alpha value is -2.53. The van der Waals surface area contributed by atoms with Crippen molar-refractivity contribution in [3.63, 3.8) is 0 Å². The fourth-order valence-corrected chi connectivity index (χ4v) is 4.22. The van der Waals surface area contributed by atoms with Crippen LogP contribution < -0.4 is 5.32 Å². The molecule has 0 bridgehead atoms. The predicted octanol–water partition coefficient (Wildman–Crippen LogP) is 6.75. The van der Waals surface area contributed by atoms with Gasteiger partial charge in [-0.2, -0.15) is 0 Å². The van der Waals surface area contributed by atoms with Gasteiger partial charge in [0.05, 0.1) is 16.5 Å². The van der Waals surface area contributed by atoms with Crippen molar-refractivity contribution in [3.05, 3.63) is 105 Å². The molecule has 2 amide bonds. The van der Waals surface area contributed by atoms with E-state index in [0.717, 1.165) is 29.5 Å². The Morgan fingerprint density at radius 2 is 1.54 bits per heavy atom. The summed E-state index contributed by atoms with van der Waals surface area (Å²) in [6.07, 6.45) is 2.37. The van der Waals surface area contributed by atoms with Crippen LogP contribution in [0.5, 0.6) is 0 Å². The first kappa shape index (κ1) is 27.1. The fraction of sp³-hybridized carbons (Fsp3) is 0.286. The van der Waals surface area contributed by atoms with Crippen LogP contribution in [-0.4, -0.2) is 29.3 Å². The number of unbranched alkanes of at least 4 members (excludes halogenated alkanes) is 1. The van der Waals surface area contributed by atoms with Gasteiger partial charge in [0.1, 0.15) is 6.04 Å². The lowest BCUT2D eigenvalue weighted by Crippen LogP contribution is -2.51. The molecule has 7 heteroatoms. The largest absolute Gasteiger partial charge is 0.354 e. The van der Waals surface area contributed by atoms with Gasteiger partial charge in [0.25, 0.3) is 0 Å².